The molecule has 0 bridgehead atoms. The number of aliphatic hydroxyl groups excluding tert-OH is 1. The molecule has 0 saturated heterocycles. The van der Waals surface area contributed by atoms with Crippen molar-refractivity contribution in [2.24, 2.45) is 0 Å². The van der Waals surface area contributed by atoms with Gasteiger partial charge < -0.3 is 15.7 Å². The van der Waals surface area contributed by atoms with Gasteiger partial charge in [-0.05, 0) is 47.7 Å². The quantitative estimate of drug-likeness (QED) is 0.202. The highest BCUT2D eigenvalue weighted by atomic mass is 35.5. The predicted octanol–water partition coefficient (Wildman–Crippen LogP) is 6.16. The molecule has 0 radical (unpaired) electrons. The minimum atomic E-state index is -0.819. The monoisotopic (exact) mass is 602 g/mol. The Morgan fingerprint density at radius 2 is 1.57 bits per heavy atom. The molecular formula is C33H35ClN4O3S. The molecule has 4 aromatic rings. The first kappa shape index (κ1) is 31.1. The summed E-state index contributed by atoms with van der Waals surface area (Å²) >= 11 is 7.37. The number of amides is 2. The van der Waals surface area contributed by atoms with Crippen molar-refractivity contribution in [2.45, 2.75) is 51.6 Å². The van der Waals surface area contributed by atoms with Crippen molar-refractivity contribution in [1.82, 2.24) is 20.6 Å². The molecule has 2 aromatic carbocycles. The number of carbonyl (C=O) groups is 2. The molecule has 0 aliphatic carbocycles. The van der Waals surface area contributed by atoms with E-state index in [4.69, 9.17) is 11.6 Å². The first-order valence-corrected chi connectivity index (χ1v) is 14.9. The molecule has 42 heavy (non-hydrogen) atoms. The van der Waals surface area contributed by atoms with Crippen LogP contribution in [-0.2, 0) is 16.6 Å². The number of aliphatic hydroxyl groups is 1. The summed E-state index contributed by atoms with van der Waals surface area (Å²) < 4.78 is 0. The predicted molar refractivity (Wildman–Crippen MR) is 171 cm³/mol. The van der Waals surface area contributed by atoms with Crippen LogP contribution in [0, 0.1) is 0 Å². The van der Waals surface area contributed by atoms with Gasteiger partial charge in [0.05, 0.1) is 11.5 Å². The normalized spacial score (nSPS) is 13.1. The Kier molecular flexibility index (Phi) is 10.3. The van der Waals surface area contributed by atoms with E-state index in [-0.39, 0.29) is 30.3 Å². The molecule has 2 amide bonds. The Hall–Kier alpha value is -3.85. The average molecular weight is 603 g/mol. The molecule has 218 valence electrons. The summed E-state index contributed by atoms with van der Waals surface area (Å²) in [5.41, 5.74) is 3.51. The van der Waals surface area contributed by atoms with Crippen molar-refractivity contribution in [3.05, 3.63) is 105 Å². The lowest BCUT2D eigenvalue weighted by atomic mass is 9.95. The summed E-state index contributed by atoms with van der Waals surface area (Å²) in [6, 6.07) is 17.6. The second kappa shape index (κ2) is 13.9. The van der Waals surface area contributed by atoms with Gasteiger partial charge in [0.15, 0.2) is 5.82 Å². The van der Waals surface area contributed by atoms with Crippen LogP contribution in [0.4, 0.5) is 0 Å². The molecule has 0 aliphatic rings. The molecule has 2 aromatic heterocycles. The van der Waals surface area contributed by atoms with Crippen LogP contribution in [0.25, 0.3) is 23.5 Å². The lowest BCUT2D eigenvalue weighted by Gasteiger charge is -2.21. The number of aromatic nitrogens is 2. The van der Waals surface area contributed by atoms with Crippen LogP contribution >= 0.6 is 22.9 Å². The van der Waals surface area contributed by atoms with Gasteiger partial charge in [0.1, 0.15) is 6.04 Å². The molecule has 3 N–H and O–H groups in total. The Morgan fingerprint density at radius 1 is 0.929 bits per heavy atom. The van der Waals surface area contributed by atoms with Crippen LogP contribution in [-0.4, -0.2) is 45.6 Å². The summed E-state index contributed by atoms with van der Waals surface area (Å²) in [6.45, 7) is 7.79. The Bertz CT molecular complexity index is 1530. The van der Waals surface area contributed by atoms with Gasteiger partial charge in [-0.15, -0.1) is 11.3 Å². The molecular weight excluding hydrogens is 568 g/mol. The SMILES string of the molecule is C[C@H](CO)NC(=O)[C@H](Cc1ccc(-c2ncc(/C=C/c3ccc(Cl)cc3)cn2)cc1)NC(=O)c1ccc(C(C)(C)C)s1. The fraction of sp³-hybridized carbons (Fsp3) is 0.273. The van der Waals surface area contributed by atoms with Gasteiger partial charge in [-0.2, -0.15) is 0 Å². The van der Waals surface area contributed by atoms with Gasteiger partial charge in [-0.3, -0.25) is 9.59 Å². The molecule has 2 atom stereocenters. The largest absolute Gasteiger partial charge is 0.394 e. The van der Waals surface area contributed by atoms with E-state index in [0.29, 0.717) is 15.7 Å². The fourth-order valence-electron chi connectivity index (χ4n) is 4.06. The van der Waals surface area contributed by atoms with Crippen molar-refractivity contribution in [2.75, 3.05) is 6.61 Å². The van der Waals surface area contributed by atoms with Crippen molar-refractivity contribution >= 4 is 46.9 Å². The number of hydrogen-bond acceptors (Lipinski definition) is 6. The Labute approximate surface area is 255 Å². The molecule has 7 nitrogen and oxygen atoms in total. The maximum Gasteiger partial charge on any atom is 0.262 e. The fourth-order valence-corrected chi connectivity index (χ4v) is 5.15. The van der Waals surface area contributed by atoms with E-state index in [0.717, 1.165) is 27.1 Å². The molecule has 9 heteroatoms. The minimum absolute atomic E-state index is 0.0730. The van der Waals surface area contributed by atoms with E-state index >= 15 is 0 Å². The zero-order valence-electron chi connectivity index (χ0n) is 24.1. The van der Waals surface area contributed by atoms with Crippen molar-refractivity contribution in [1.29, 1.82) is 0 Å². The lowest BCUT2D eigenvalue weighted by molar-refractivity contribution is -0.123. The highest BCUT2D eigenvalue weighted by Gasteiger charge is 2.25. The van der Waals surface area contributed by atoms with E-state index < -0.39 is 12.1 Å². The van der Waals surface area contributed by atoms with Crippen LogP contribution < -0.4 is 10.6 Å². The zero-order chi connectivity index (χ0) is 30.3. The van der Waals surface area contributed by atoms with Crippen LogP contribution in [0.15, 0.2) is 73.1 Å². The van der Waals surface area contributed by atoms with Gasteiger partial charge in [-0.1, -0.05) is 80.9 Å². The first-order valence-electron chi connectivity index (χ1n) is 13.7. The van der Waals surface area contributed by atoms with Crippen molar-refractivity contribution in [3.8, 4) is 11.4 Å². The van der Waals surface area contributed by atoms with Crippen molar-refractivity contribution in [3.63, 3.8) is 0 Å². The number of carbonyl (C=O) groups excluding carboxylic acids is 2. The second-order valence-electron chi connectivity index (χ2n) is 11.2. The standard InChI is InChI=1S/C33H35ClN4O3S/c1-21(20-39)37-31(40)27(38-32(41)28-15-16-29(42-28)33(2,3)4)17-23-7-11-25(12-8-23)30-35-18-24(19-36-30)6-5-22-9-13-26(34)14-10-22/h5-16,18-19,21,27,39H,17,20H2,1-4H3,(H,37,40)(H,38,41)/b6-5+/t21-,27+/m1/s1. The number of benzene rings is 2. The number of halogens is 1. The van der Waals surface area contributed by atoms with E-state index in [1.165, 1.54) is 11.3 Å². The van der Waals surface area contributed by atoms with E-state index in [2.05, 4.69) is 41.4 Å². The highest BCUT2D eigenvalue weighted by Crippen LogP contribution is 2.29. The number of nitrogens with zero attached hydrogens (tertiary/aromatic N) is 2. The maximum absolute atomic E-state index is 13.1. The average Bonchev–Trinajstić information content (AvgIpc) is 3.49. The van der Waals surface area contributed by atoms with Gasteiger partial charge in [0.25, 0.3) is 5.91 Å². The van der Waals surface area contributed by atoms with Gasteiger partial charge >= 0.3 is 0 Å². The van der Waals surface area contributed by atoms with Gasteiger partial charge in [0.2, 0.25) is 5.91 Å². The number of rotatable bonds is 10. The van der Waals surface area contributed by atoms with Crippen molar-refractivity contribution < 1.29 is 14.7 Å². The minimum Gasteiger partial charge on any atom is -0.394 e. The summed E-state index contributed by atoms with van der Waals surface area (Å²) in [7, 11) is 0. The Balaban J connectivity index is 1.45. The van der Waals surface area contributed by atoms with E-state index in [1.807, 2.05) is 66.7 Å². The van der Waals surface area contributed by atoms with Gasteiger partial charge in [0, 0.05) is 45.9 Å². The van der Waals surface area contributed by atoms with Gasteiger partial charge in [-0.25, -0.2) is 9.97 Å². The summed E-state index contributed by atoms with van der Waals surface area (Å²) in [6.07, 6.45) is 7.71. The molecule has 0 aliphatic heterocycles. The third-order valence-electron chi connectivity index (χ3n) is 6.52. The molecule has 0 spiro atoms. The van der Waals surface area contributed by atoms with Crippen LogP contribution in [0.1, 0.15) is 58.9 Å². The lowest BCUT2D eigenvalue weighted by Crippen LogP contribution is -2.50. The first-order chi connectivity index (χ1) is 20.0. The van der Waals surface area contributed by atoms with Crippen LogP contribution in [0.5, 0.6) is 0 Å². The molecule has 4 rings (SSSR count). The highest BCUT2D eigenvalue weighted by molar-refractivity contribution is 7.14. The number of thiophene rings is 1. The second-order valence-corrected chi connectivity index (χ2v) is 12.7. The molecule has 2 heterocycles. The van der Waals surface area contributed by atoms with E-state index in [1.54, 1.807) is 25.4 Å². The topological polar surface area (TPSA) is 104 Å². The summed E-state index contributed by atoms with van der Waals surface area (Å²) in [5, 5.41) is 15.8. The molecule has 0 saturated carbocycles. The summed E-state index contributed by atoms with van der Waals surface area (Å²) in [4.78, 5) is 36.8. The number of nitrogens with one attached hydrogen (secondary N) is 2. The third kappa shape index (κ3) is 8.58. The van der Waals surface area contributed by atoms with Crippen LogP contribution in [0.2, 0.25) is 5.02 Å². The number of hydrogen-bond donors (Lipinski definition) is 3. The molecule has 0 unspecified atom stereocenters. The third-order valence-corrected chi connectivity index (χ3v) is 8.28. The zero-order valence-corrected chi connectivity index (χ0v) is 25.7. The summed E-state index contributed by atoms with van der Waals surface area (Å²) in [5.74, 6) is -0.0772. The smallest absolute Gasteiger partial charge is 0.262 e. The Morgan fingerprint density at radius 3 is 2.17 bits per heavy atom. The van der Waals surface area contributed by atoms with Crippen LogP contribution in [0.3, 0.4) is 0 Å². The molecule has 0 fully saturated rings. The maximum atomic E-state index is 13.1. The van der Waals surface area contributed by atoms with E-state index in [9.17, 15) is 14.7 Å².